The summed E-state index contributed by atoms with van der Waals surface area (Å²) < 4.78 is 17.9. The van der Waals surface area contributed by atoms with Gasteiger partial charge in [-0.25, -0.2) is 0 Å². The Bertz CT molecular complexity index is 344. The van der Waals surface area contributed by atoms with Gasteiger partial charge in [-0.05, 0) is 17.4 Å². The first-order valence-corrected chi connectivity index (χ1v) is 16.7. The van der Waals surface area contributed by atoms with E-state index in [4.69, 9.17) is 0 Å². The standard InChI is InChI=1S/C14H32N2OPSi2/c1-19(2,3)11-15-13-9-7-8-10-14(13)16(18(15)17)12-20(4,5)6/h13-14H,7-12H2,1-6H3/q+1/t13-,14-/m1/s1. The zero-order chi connectivity index (χ0) is 15.1. The molecule has 0 N–H and O–H groups in total. The first-order chi connectivity index (χ1) is 9.08. The van der Waals surface area contributed by atoms with E-state index in [1.54, 1.807) is 0 Å². The van der Waals surface area contributed by atoms with Crippen LogP contribution in [0, 0.1) is 0 Å². The van der Waals surface area contributed by atoms with Crippen LogP contribution in [0.25, 0.3) is 0 Å². The first kappa shape index (κ1) is 16.8. The Kier molecular flexibility index (Phi) is 4.98. The van der Waals surface area contributed by atoms with Crippen LogP contribution in [0.5, 0.6) is 0 Å². The van der Waals surface area contributed by atoms with E-state index in [1.807, 2.05) is 0 Å². The topological polar surface area (TPSA) is 23.6 Å². The summed E-state index contributed by atoms with van der Waals surface area (Å²) in [5.74, 6) is 0. The monoisotopic (exact) mass is 331 g/mol. The Balaban J connectivity index is 2.20. The van der Waals surface area contributed by atoms with Crippen LogP contribution in [0.1, 0.15) is 25.7 Å². The molecule has 0 aromatic heterocycles. The van der Waals surface area contributed by atoms with Gasteiger partial charge in [0.1, 0.15) is 0 Å². The molecule has 20 heavy (non-hydrogen) atoms. The van der Waals surface area contributed by atoms with Crippen LogP contribution in [-0.2, 0) is 4.57 Å². The third-order valence-electron chi connectivity index (χ3n) is 4.17. The van der Waals surface area contributed by atoms with Crippen molar-refractivity contribution in [1.82, 2.24) is 9.34 Å². The van der Waals surface area contributed by atoms with Gasteiger partial charge in [-0.1, -0.05) is 61.5 Å². The Morgan fingerprint density at radius 2 is 1.20 bits per heavy atom. The molecule has 1 heterocycles. The van der Waals surface area contributed by atoms with Crippen molar-refractivity contribution in [3.8, 4) is 0 Å². The highest BCUT2D eigenvalue weighted by atomic mass is 31.1. The van der Waals surface area contributed by atoms with Gasteiger partial charge in [0.2, 0.25) is 0 Å². The van der Waals surface area contributed by atoms with Crippen molar-refractivity contribution in [1.29, 1.82) is 0 Å². The summed E-state index contributed by atoms with van der Waals surface area (Å²) in [6.07, 6.45) is 7.38. The smallest absolute Gasteiger partial charge is 0.0770 e. The highest BCUT2D eigenvalue weighted by molar-refractivity contribution is 7.40. The van der Waals surface area contributed by atoms with Crippen molar-refractivity contribution in [3.63, 3.8) is 0 Å². The molecule has 116 valence electrons. The fourth-order valence-electron chi connectivity index (χ4n) is 3.52. The van der Waals surface area contributed by atoms with E-state index in [0.29, 0.717) is 12.1 Å². The minimum Gasteiger partial charge on any atom is -0.0770 e. The molecule has 3 nitrogen and oxygen atoms in total. The van der Waals surface area contributed by atoms with Crippen LogP contribution >= 0.6 is 8.10 Å². The van der Waals surface area contributed by atoms with Crippen LogP contribution in [0.2, 0.25) is 39.3 Å². The third kappa shape index (κ3) is 4.01. The Morgan fingerprint density at radius 3 is 1.50 bits per heavy atom. The lowest BCUT2D eigenvalue weighted by Crippen LogP contribution is -2.46. The summed E-state index contributed by atoms with van der Waals surface area (Å²) in [4.78, 5) is 0. The minimum atomic E-state index is -1.28. The fourth-order valence-corrected chi connectivity index (χ4v) is 10.8. The van der Waals surface area contributed by atoms with Gasteiger partial charge in [0, 0.05) is 12.3 Å². The van der Waals surface area contributed by atoms with Gasteiger partial charge < -0.3 is 0 Å². The molecular weight excluding hydrogens is 299 g/mol. The van der Waals surface area contributed by atoms with E-state index in [0.717, 1.165) is 12.3 Å². The second-order valence-corrected chi connectivity index (χ2v) is 21.4. The molecule has 0 unspecified atom stereocenters. The number of nitrogens with zero attached hydrogens (tertiary/aromatic N) is 2. The molecule has 0 aromatic carbocycles. The number of rotatable bonds is 4. The lowest BCUT2D eigenvalue weighted by atomic mass is 9.90. The van der Waals surface area contributed by atoms with Crippen LogP contribution < -0.4 is 0 Å². The average molecular weight is 332 g/mol. The van der Waals surface area contributed by atoms with Crippen LogP contribution in [0.4, 0.5) is 0 Å². The summed E-state index contributed by atoms with van der Waals surface area (Å²) in [5.41, 5.74) is 0. The molecular formula is C14H32N2OPSi2+. The lowest BCUT2D eigenvalue weighted by Gasteiger charge is -2.29. The normalized spacial score (nSPS) is 29.8. The van der Waals surface area contributed by atoms with E-state index >= 15 is 0 Å². The average Bonchev–Trinajstić information content (AvgIpc) is 2.52. The Labute approximate surface area is 128 Å². The lowest BCUT2D eigenvalue weighted by molar-refractivity contribution is 0.222. The molecule has 1 aliphatic carbocycles. The molecule has 1 aliphatic heterocycles. The molecule has 1 saturated heterocycles. The van der Waals surface area contributed by atoms with E-state index in [-0.39, 0.29) is 0 Å². The van der Waals surface area contributed by atoms with Crippen molar-refractivity contribution in [3.05, 3.63) is 0 Å². The molecule has 2 fully saturated rings. The fraction of sp³-hybridized carbons (Fsp3) is 1.00. The summed E-state index contributed by atoms with van der Waals surface area (Å²) in [5, 5.41) is 0. The molecule has 2 rings (SSSR count). The Hall–Kier alpha value is 0.454. The number of fused-ring (bicyclic) bond motifs is 1. The van der Waals surface area contributed by atoms with E-state index in [1.165, 1.54) is 25.7 Å². The SMILES string of the molecule is C[Si](C)(C)CN1[C@@H]2CCCC[C@H]2N(C[Si](C)(C)C)[P+]1=O. The molecule has 1 saturated carbocycles. The van der Waals surface area contributed by atoms with Crippen LogP contribution in [0.3, 0.4) is 0 Å². The van der Waals surface area contributed by atoms with E-state index < -0.39 is 24.3 Å². The molecule has 0 amide bonds. The predicted molar refractivity (Wildman–Crippen MR) is 93.8 cm³/mol. The van der Waals surface area contributed by atoms with Crippen LogP contribution in [0.15, 0.2) is 0 Å². The van der Waals surface area contributed by atoms with Crippen molar-refractivity contribution in [2.45, 2.75) is 77.0 Å². The molecule has 2 aliphatic rings. The Morgan fingerprint density at radius 1 is 0.850 bits per heavy atom. The van der Waals surface area contributed by atoms with Crippen molar-refractivity contribution >= 4 is 24.3 Å². The largest absolute Gasteiger partial charge is 0.537 e. The van der Waals surface area contributed by atoms with Crippen LogP contribution in [-0.4, -0.2) is 49.9 Å². The second kappa shape index (κ2) is 5.92. The van der Waals surface area contributed by atoms with Gasteiger partial charge in [-0.3, -0.25) is 0 Å². The predicted octanol–water partition coefficient (Wildman–Crippen LogP) is 4.33. The maximum Gasteiger partial charge on any atom is 0.537 e. The van der Waals surface area contributed by atoms with Gasteiger partial charge in [0.15, 0.2) is 0 Å². The zero-order valence-electron chi connectivity index (χ0n) is 14.1. The quantitative estimate of drug-likeness (QED) is 0.566. The highest BCUT2D eigenvalue weighted by Crippen LogP contribution is 2.50. The molecule has 2 atom stereocenters. The van der Waals surface area contributed by atoms with Crippen molar-refractivity contribution < 1.29 is 4.57 Å². The van der Waals surface area contributed by atoms with E-state index in [2.05, 4.69) is 48.6 Å². The molecule has 6 heteroatoms. The maximum atomic E-state index is 13.1. The minimum absolute atomic E-state index is 0.579. The summed E-state index contributed by atoms with van der Waals surface area (Å²) in [6, 6.07) is 1.16. The highest BCUT2D eigenvalue weighted by Gasteiger charge is 2.58. The summed E-state index contributed by atoms with van der Waals surface area (Å²) in [7, 11) is -3.69. The second-order valence-electron chi connectivity index (χ2n) is 8.99. The van der Waals surface area contributed by atoms with E-state index in [9.17, 15) is 4.57 Å². The summed E-state index contributed by atoms with van der Waals surface area (Å²) >= 11 is 0. The first-order valence-electron chi connectivity index (χ1n) is 8.09. The summed E-state index contributed by atoms with van der Waals surface area (Å²) in [6.45, 7) is 14.4. The van der Waals surface area contributed by atoms with Gasteiger partial charge >= 0.3 is 8.10 Å². The molecule has 0 aromatic rings. The van der Waals surface area contributed by atoms with Crippen molar-refractivity contribution in [2.24, 2.45) is 0 Å². The van der Waals surface area contributed by atoms with Crippen molar-refractivity contribution in [2.75, 3.05) is 12.3 Å². The molecule has 0 bridgehead atoms. The van der Waals surface area contributed by atoms with Gasteiger partial charge in [0.25, 0.3) is 0 Å². The third-order valence-corrected chi connectivity index (χ3v) is 9.04. The zero-order valence-corrected chi connectivity index (χ0v) is 17.0. The number of hydrogen-bond acceptors (Lipinski definition) is 1. The van der Waals surface area contributed by atoms with Gasteiger partial charge in [-0.2, -0.15) is 0 Å². The van der Waals surface area contributed by atoms with Gasteiger partial charge in [0.05, 0.1) is 28.2 Å². The molecule has 0 radical (unpaired) electrons. The number of hydrogen-bond donors (Lipinski definition) is 0. The van der Waals surface area contributed by atoms with Gasteiger partial charge in [-0.15, -0.1) is 0 Å². The maximum absolute atomic E-state index is 13.1. The molecule has 0 spiro atoms.